The van der Waals surface area contributed by atoms with Crippen molar-refractivity contribution in [2.24, 2.45) is 0 Å². The van der Waals surface area contributed by atoms with Gasteiger partial charge < -0.3 is 4.74 Å². The maximum Gasteiger partial charge on any atom is 0.216 e. The van der Waals surface area contributed by atoms with Gasteiger partial charge >= 0.3 is 0 Å². The van der Waals surface area contributed by atoms with Gasteiger partial charge in [0, 0.05) is 5.56 Å². The smallest absolute Gasteiger partial charge is 0.216 e. The van der Waals surface area contributed by atoms with E-state index in [0.29, 0.717) is 6.61 Å². The molecule has 1 atom stereocenters. The Labute approximate surface area is 124 Å². The molecule has 1 heterocycles. The summed E-state index contributed by atoms with van der Waals surface area (Å²) in [4.78, 5) is 0. The summed E-state index contributed by atoms with van der Waals surface area (Å²) in [5, 5.41) is 0. The van der Waals surface area contributed by atoms with Gasteiger partial charge in [0.1, 0.15) is 12.4 Å². The SMILES string of the molecule is Cc1ccccc1CS(=O)(=O)NC1COc2ccccc21. The zero-order chi connectivity index (χ0) is 14.9. The number of fused-ring (bicyclic) bond motifs is 1. The van der Waals surface area contributed by atoms with E-state index in [1.165, 1.54) is 0 Å². The molecule has 0 amide bonds. The fourth-order valence-electron chi connectivity index (χ4n) is 2.50. The van der Waals surface area contributed by atoms with E-state index in [-0.39, 0.29) is 11.8 Å². The fraction of sp³-hybridized carbons (Fsp3) is 0.250. The van der Waals surface area contributed by atoms with Gasteiger partial charge in [0.25, 0.3) is 0 Å². The molecule has 0 saturated heterocycles. The van der Waals surface area contributed by atoms with Crippen LogP contribution in [0, 0.1) is 6.92 Å². The van der Waals surface area contributed by atoms with Crippen LogP contribution < -0.4 is 9.46 Å². The first-order valence-corrected chi connectivity index (χ1v) is 8.47. The van der Waals surface area contributed by atoms with Crippen LogP contribution in [-0.4, -0.2) is 15.0 Å². The van der Waals surface area contributed by atoms with E-state index in [1.807, 2.05) is 55.5 Å². The van der Waals surface area contributed by atoms with Crippen LogP contribution in [0.3, 0.4) is 0 Å². The first-order chi connectivity index (χ1) is 10.1. The first kappa shape index (κ1) is 14.1. The van der Waals surface area contributed by atoms with E-state index in [4.69, 9.17) is 4.74 Å². The molecule has 2 aromatic rings. The van der Waals surface area contributed by atoms with Gasteiger partial charge in [-0.3, -0.25) is 0 Å². The van der Waals surface area contributed by atoms with Crippen molar-refractivity contribution in [3.8, 4) is 5.75 Å². The number of sulfonamides is 1. The largest absolute Gasteiger partial charge is 0.491 e. The Morgan fingerprint density at radius 2 is 1.86 bits per heavy atom. The number of hydrogen-bond donors (Lipinski definition) is 1. The number of rotatable bonds is 4. The molecule has 0 aromatic heterocycles. The summed E-state index contributed by atoms with van der Waals surface area (Å²) in [6.07, 6.45) is 0. The van der Waals surface area contributed by atoms with Crippen molar-refractivity contribution in [3.63, 3.8) is 0 Å². The molecule has 0 spiro atoms. The number of nitrogens with one attached hydrogen (secondary N) is 1. The molecule has 1 N–H and O–H groups in total. The van der Waals surface area contributed by atoms with Gasteiger partial charge in [-0.15, -0.1) is 0 Å². The van der Waals surface area contributed by atoms with Crippen LogP contribution in [0.2, 0.25) is 0 Å². The van der Waals surface area contributed by atoms with Crippen molar-refractivity contribution < 1.29 is 13.2 Å². The molecule has 1 aliphatic heterocycles. The van der Waals surface area contributed by atoms with Gasteiger partial charge in [0.15, 0.2) is 0 Å². The lowest BCUT2D eigenvalue weighted by Crippen LogP contribution is -2.30. The van der Waals surface area contributed by atoms with Gasteiger partial charge in [-0.2, -0.15) is 0 Å². The van der Waals surface area contributed by atoms with Crippen LogP contribution in [0.25, 0.3) is 0 Å². The van der Waals surface area contributed by atoms with Crippen molar-refractivity contribution in [2.45, 2.75) is 18.7 Å². The number of aryl methyl sites for hydroxylation is 1. The summed E-state index contributed by atoms with van der Waals surface area (Å²) < 4.78 is 32.9. The van der Waals surface area contributed by atoms with Crippen molar-refractivity contribution in [1.29, 1.82) is 0 Å². The van der Waals surface area contributed by atoms with Crippen molar-refractivity contribution in [2.75, 3.05) is 6.61 Å². The Balaban J connectivity index is 1.77. The molecule has 5 heteroatoms. The molecular weight excluding hydrogens is 286 g/mol. The molecule has 4 nitrogen and oxygen atoms in total. The molecule has 21 heavy (non-hydrogen) atoms. The average Bonchev–Trinajstić information content (AvgIpc) is 2.84. The van der Waals surface area contributed by atoms with Crippen LogP contribution >= 0.6 is 0 Å². The predicted octanol–water partition coefficient (Wildman–Crippen LogP) is 2.55. The lowest BCUT2D eigenvalue weighted by Gasteiger charge is -2.13. The van der Waals surface area contributed by atoms with Crippen LogP contribution in [0.5, 0.6) is 5.75 Å². The molecule has 1 aliphatic rings. The van der Waals surface area contributed by atoms with E-state index >= 15 is 0 Å². The fourth-order valence-corrected chi connectivity index (χ4v) is 3.94. The number of para-hydroxylation sites is 1. The molecule has 3 rings (SSSR count). The topological polar surface area (TPSA) is 55.4 Å². The standard InChI is InChI=1S/C16H17NO3S/c1-12-6-2-3-7-13(12)11-21(18,19)17-15-10-20-16-9-5-4-8-14(15)16/h2-9,15,17H,10-11H2,1H3. The molecule has 0 radical (unpaired) electrons. The van der Waals surface area contributed by atoms with Crippen LogP contribution in [0.15, 0.2) is 48.5 Å². The molecule has 0 bridgehead atoms. The molecular formula is C16H17NO3S. The maximum absolute atomic E-state index is 12.4. The van der Waals surface area contributed by atoms with Crippen LogP contribution in [-0.2, 0) is 15.8 Å². The summed E-state index contributed by atoms with van der Waals surface area (Å²) in [7, 11) is -3.41. The summed E-state index contributed by atoms with van der Waals surface area (Å²) in [5.41, 5.74) is 2.69. The summed E-state index contributed by atoms with van der Waals surface area (Å²) in [6, 6.07) is 14.7. The van der Waals surface area contributed by atoms with Crippen LogP contribution in [0.1, 0.15) is 22.7 Å². The molecule has 0 saturated carbocycles. The van der Waals surface area contributed by atoms with Gasteiger partial charge in [-0.1, -0.05) is 42.5 Å². The Morgan fingerprint density at radius 1 is 1.14 bits per heavy atom. The summed E-state index contributed by atoms with van der Waals surface area (Å²) in [6.45, 7) is 2.26. The molecule has 0 fully saturated rings. The minimum Gasteiger partial charge on any atom is -0.491 e. The van der Waals surface area contributed by atoms with Crippen molar-refractivity contribution in [3.05, 3.63) is 65.2 Å². The molecule has 1 unspecified atom stereocenters. The summed E-state index contributed by atoms with van der Waals surface area (Å²) in [5.74, 6) is 0.735. The third kappa shape index (κ3) is 3.09. The van der Waals surface area contributed by atoms with Crippen LogP contribution in [0.4, 0.5) is 0 Å². The van der Waals surface area contributed by atoms with Gasteiger partial charge in [0.2, 0.25) is 10.0 Å². The average molecular weight is 303 g/mol. The Kier molecular flexibility index (Phi) is 3.69. The maximum atomic E-state index is 12.4. The zero-order valence-corrected chi connectivity index (χ0v) is 12.6. The Bertz CT molecular complexity index is 756. The molecule has 110 valence electrons. The second-order valence-corrected chi connectivity index (χ2v) is 6.96. The number of ether oxygens (including phenoxy) is 1. The second-order valence-electron chi connectivity index (χ2n) is 5.20. The highest BCUT2D eigenvalue weighted by Gasteiger charge is 2.27. The quantitative estimate of drug-likeness (QED) is 0.944. The third-order valence-electron chi connectivity index (χ3n) is 3.63. The summed E-state index contributed by atoms with van der Waals surface area (Å²) >= 11 is 0. The van der Waals surface area contributed by atoms with E-state index in [2.05, 4.69) is 4.72 Å². The third-order valence-corrected chi connectivity index (χ3v) is 4.96. The normalized spacial score (nSPS) is 17.3. The van der Waals surface area contributed by atoms with E-state index in [9.17, 15) is 8.42 Å². The van der Waals surface area contributed by atoms with Gasteiger partial charge in [-0.05, 0) is 24.1 Å². The lowest BCUT2D eigenvalue weighted by atomic mass is 10.1. The molecule has 0 aliphatic carbocycles. The Hall–Kier alpha value is -1.85. The minimum atomic E-state index is -3.41. The second kappa shape index (κ2) is 5.50. The van der Waals surface area contributed by atoms with Gasteiger partial charge in [-0.25, -0.2) is 13.1 Å². The van der Waals surface area contributed by atoms with E-state index in [0.717, 1.165) is 22.4 Å². The van der Waals surface area contributed by atoms with Crippen molar-refractivity contribution >= 4 is 10.0 Å². The zero-order valence-electron chi connectivity index (χ0n) is 11.7. The predicted molar refractivity (Wildman–Crippen MR) is 81.6 cm³/mol. The Morgan fingerprint density at radius 3 is 2.67 bits per heavy atom. The highest BCUT2D eigenvalue weighted by Crippen LogP contribution is 2.32. The monoisotopic (exact) mass is 303 g/mol. The van der Waals surface area contributed by atoms with Crippen molar-refractivity contribution in [1.82, 2.24) is 4.72 Å². The van der Waals surface area contributed by atoms with E-state index in [1.54, 1.807) is 0 Å². The lowest BCUT2D eigenvalue weighted by molar-refractivity contribution is 0.325. The van der Waals surface area contributed by atoms with E-state index < -0.39 is 10.0 Å². The minimum absolute atomic E-state index is 0.0155. The number of hydrogen-bond acceptors (Lipinski definition) is 3. The van der Waals surface area contributed by atoms with Gasteiger partial charge in [0.05, 0.1) is 11.8 Å². The first-order valence-electron chi connectivity index (χ1n) is 6.81. The molecule has 2 aromatic carbocycles. The highest BCUT2D eigenvalue weighted by atomic mass is 32.2. The highest BCUT2D eigenvalue weighted by molar-refractivity contribution is 7.88. The number of benzene rings is 2.